The molecule has 1 saturated carbocycles. The molecule has 105 valence electrons. The van der Waals surface area contributed by atoms with Crippen molar-refractivity contribution < 1.29 is 4.74 Å². The van der Waals surface area contributed by atoms with E-state index in [1.54, 1.807) is 0 Å². The zero-order valence-corrected chi connectivity index (χ0v) is 15.6. The van der Waals surface area contributed by atoms with E-state index >= 15 is 0 Å². The molecule has 0 unspecified atom stereocenters. The predicted octanol–water partition coefficient (Wildman–Crippen LogP) is 0.696. The summed E-state index contributed by atoms with van der Waals surface area (Å²) in [5, 5.41) is 3.38. The Kier molecular flexibility index (Phi) is 3.50. The average molecular weight is 466 g/mol. The molecule has 1 aliphatic carbocycles. The first-order valence-electron chi connectivity index (χ1n) is 7.49. The van der Waals surface area contributed by atoms with Crippen LogP contribution >= 0.6 is 0 Å². The number of fused-ring (bicyclic) bond motifs is 1. The zero-order chi connectivity index (χ0) is 13.6. The maximum absolute atomic E-state index is 6.29. The van der Waals surface area contributed by atoms with E-state index in [9.17, 15) is 0 Å². The monoisotopic (exact) mass is 466 g/mol. The van der Waals surface area contributed by atoms with Crippen LogP contribution in [0.1, 0.15) is 24.1 Å². The average Bonchev–Trinajstić information content (AvgIpc) is 2.39. The van der Waals surface area contributed by atoms with Crippen LogP contribution in [-0.4, -0.2) is 65.5 Å². The Balaban J connectivity index is 1.48. The van der Waals surface area contributed by atoms with Gasteiger partial charge in [-0.05, 0) is 0 Å². The van der Waals surface area contributed by atoms with Gasteiger partial charge < -0.3 is 0 Å². The molecule has 2 aliphatic heterocycles. The molecule has 0 bridgehead atoms. The molecule has 1 spiro atoms. The minimum atomic E-state index is 0.426. The Morgan fingerprint density at radius 1 is 1.45 bits per heavy atom. The molecule has 1 N–H and O–H groups in total. The second-order valence-corrected chi connectivity index (χ2v) is 7.68. The van der Waals surface area contributed by atoms with Gasteiger partial charge in [0, 0.05) is 0 Å². The third kappa shape index (κ3) is 2.29. The summed E-state index contributed by atoms with van der Waals surface area (Å²) in [7, 11) is 0. The number of ether oxygens (including phenoxy) is 1. The summed E-state index contributed by atoms with van der Waals surface area (Å²) >= 11 is 1.24. The van der Waals surface area contributed by atoms with E-state index in [2.05, 4.69) is 21.3 Å². The van der Waals surface area contributed by atoms with Crippen LogP contribution in [0.3, 0.4) is 0 Å². The van der Waals surface area contributed by atoms with Crippen molar-refractivity contribution in [2.75, 3.05) is 23.7 Å². The van der Waals surface area contributed by atoms with Crippen molar-refractivity contribution in [3.63, 3.8) is 0 Å². The number of rotatable bonds is 3. The van der Waals surface area contributed by atoms with E-state index < -0.39 is 0 Å². The molecule has 4 nitrogen and oxygen atoms in total. The molecule has 3 aliphatic rings. The van der Waals surface area contributed by atoms with Gasteiger partial charge in [-0.2, -0.15) is 0 Å². The van der Waals surface area contributed by atoms with Gasteiger partial charge in [0.05, 0.1) is 0 Å². The molecule has 5 heteroatoms. The molecule has 1 saturated heterocycles. The fraction of sp³-hybridized carbons (Fsp3) is 0.667. The fourth-order valence-corrected chi connectivity index (χ4v) is 4.70. The van der Waals surface area contributed by atoms with Crippen molar-refractivity contribution in [2.24, 2.45) is 5.41 Å². The van der Waals surface area contributed by atoms with Gasteiger partial charge >= 0.3 is 136 Å². The summed E-state index contributed by atoms with van der Waals surface area (Å²) in [4.78, 5) is 7.08. The molecule has 0 amide bonds. The van der Waals surface area contributed by atoms with Gasteiger partial charge in [0.25, 0.3) is 0 Å². The van der Waals surface area contributed by atoms with E-state index in [0.717, 1.165) is 25.3 Å². The van der Waals surface area contributed by atoms with E-state index in [1.807, 2.05) is 6.20 Å². The predicted molar refractivity (Wildman–Crippen MR) is 77.9 cm³/mol. The molecule has 3 heterocycles. The topological polar surface area (TPSA) is 37.4 Å². The second kappa shape index (κ2) is 5.21. The Labute approximate surface area is 136 Å². The summed E-state index contributed by atoms with van der Waals surface area (Å²) in [6.07, 6.45) is 5.87. The van der Waals surface area contributed by atoms with E-state index in [1.165, 1.54) is 67.1 Å². The number of pyridine rings is 1. The molecule has 0 aromatic carbocycles. The van der Waals surface area contributed by atoms with Crippen molar-refractivity contribution in [1.82, 2.24) is 15.2 Å². The normalized spacial score (nSPS) is 24.9. The van der Waals surface area contributed by atoms with Crippen LogP contribution in [0.25, 0.3) is 0 Å². The van der Waals surface area contributed by atoms with Crippen LogP contribution in [0.5, 0.6) is 5.75 Å². The Bertz CT molecular complexity index is 510. The number of hydrogen-bond donors (Lipinski definition) is 1. The van der Waals surface area contributed by atoms with Crippen molar-refractivity contribution in [3.05, 3.63) is 23.5 Å². The summed E-state index contributed by atoms with van der Waals surface area (Å²) in [5.41, 5.74) is 3.19. The number of nitrogens with zero attached hydrogens (tertiary/aromatic N) is 2. The first kappa shape index (κ1) is 13.5. The van der Waals surface area contributed by atoms with Crippen LogP contribution in [0.2, 0.25) is 0 Å². The molecule has 20 heavy (non-hydrogen) atoms. The summed E-state index contributed by atoms with van der Waals surface area (Å²) < 4.78 is 7.53. The van der Waals surface area contributed by atoms with E-state index in [4.69, 9.17) is 4.74 Å². The number of hydrogen-bond acceptors (Lipinski definition) is 4. The maximum atomic E-state index is 6.29. The summed E-state index contributed by atoms with van der Waals surface area (Å²) in [6.45, 7) is 4.57. The summed E-state index contributed by atoms with van der Waals surface area (Å²) in [5.74, 6) is 1.10. The van der Waals surface area contributed by atoms with Gasteiger partial charge in [-0.15, -0.1) is 0 Å². The standard InChI is InChI=1S/C15H20N3O.Pb/c1-18-5-3-13-12(8-18)14(2-4-17-13)19-11-6-15(7-11)9-16-10-15;/h2,4,11,16H,1,3,5-10H2;. The molecule has 4 rings (SSSR count). The SMILES string of the molecule is [Pb][CH2]N1CCc2nccc(OC3CC4(CNC4)C3)c2C1. The van der Waals surface area contributed by atoms with Gasteiger partial charge in [0.15, 0.2) is 0 Å². The van der Waals surface area contributed by atoms with Gasteiger partial charge in [-0.25, -0.2) is 0 Å². The van der Waals surface area contributed by atoms with Crippen molar-refractivity contribution in [2.45, 2.75) is 31.9 Å². The molecular formula is C15H20N3OPb. The molecule has 1 aromatic rings. The molecular weight excluding hydrogens is 445 g/mol. The van der Waals surface area contributed by atoms with E-state index in [-0.39, 0.29) is 0 Å². The van der Waals surface area contributed by atoms with Crippen molar-refractivity contribution in [3.8, 4) is 5.75 Å². The molecule has 3 radical (unpaired) electrons. The Morgan fingerprint density at radius 3 is 3.00 bits per heavy atom. The van der Waals surface area contributed by atoms with Crippen molar-refractivity contribution in [1.29, 1.82) is 0 Å². The van der Waals surface area contributed by atoms with Gasteiger partial charge in [-0.3, -0.25) is 0 Å². The van der Waals surface area contributed by atoms with Gasteiger partial charge in [0.2, 0.25) is 0 Å². The first-order valence-corrected chi connectivity index (χ1v) is 10.2. The Morgan fingerprint density at radius 2 is 2.30 bits per heavy atom. The number of nitrogens with one attached hydrogen (secondary N) is 1. The molecule has 1 aromatic heterocycles. The fourth-order valence-electron chi connectivity index (χ4n) is 3.65. The minimum absolute atomic E-state index is 0.426. The third-order valence-electron chi connectivity index (χ3n) is 4.99. The van der Waals surface area contributed by atoms with Crippen molar-refractivity contribution >= 4 is 25.8 Å². The van der Waals surface area contributed by atoms with E-state index in [0.29, 0.717) is 11.5 Å². The molecule has 2 fully saturated rings. The number of aromatic nitrogens is 1. The van der Waals surface area contributed by atoms with Crippen LogP contribution in [-0.2, 0) is 13.0 Å². The zero-order valence-electron chi connectivity index (χ0n) is 11.7. The van der Waals surface area contributed by atoms with Crippen LogP contribution in [0.15, 0.2) is 12.3 Å². The second-order valence-electron chi connectivity index (χ2n) is 6.45. The van der Waals surface area contributed by atoms with Crippen LogP contribution in [0, 0.1) is 5.41 Å². The van der Waals surface area contributed by atoms with Gasteiger partial charge in [0.1, 0.15) is 0 Å². The van der Waals surface area contributed by atoms with Crippen LogP contribution < -0.4 is 10.1 Å². The Hall–Kier alpha value is -0.208. The third-order valence-corrected chi connectivity index (χ3v) is 6.73. The van der Waals surface area contributed by atoms with Crippen LogP contribution in [0.4, 0.5) is 0 Å². The first-order chi connectivity index (χ1) is 9.78. The quantitative estimate of drug-likeness (QED) is 0.667. The summed E-state index contributed by atoms with van der Waals surface area (Å²) in [6, 6.07) is 2.07. The van der Waals surface area contributed by atoms with Gasteiger partial charge in [-0.1, -0.05) is 0 Å². The molecule has 0 atom stereocenters.